The number of piperidine rings is 1. The quantitative estimate of drug-likeness (QED) is 0.477. The Morgan fingerprint density at radius 1 is 1.26 bits per heavy atom. The molecule has 1 amide bonds. The summed E-state index contributed by atoms with van der Waals surface area (Å²) in [5.41, 5.74) is 6.07. The average molecular weight is 473 g/mol. The van der Waals surface area contributed by atoms with Gasteiger partial charge in [0.1, 0.15) is 5.76 Å². The van der Waals surface area contributed by atoms with Gasteiger partial charge in [0.05, 0.1) is 0 Å². The summed E-state index contributed by atoms with van der Waals surface area (Å²) in [6.45, 7) is 12.8. The molecule has 0 saturated carbocycles. The van der Waals surface area contributed by atoms with Crippen molar-refractivity contribution in [2.45, 2.75) is 65.3 Å². The van der Waals surface area contributed by atoms with Crippen molar-refractivity contribution in [2.75, 3.05) is 13.1 Å². The minimum Gasteiger partial charge on any atom is -0.377 e. The summed E-state index contributed by atoms with van der Waals surface area (Å²) >= 11 is 0. The molecular weight excluding hydrogens is 436 g/mol. The van der Waals surface area contributed by atoms with E-state index in [4.69, 9.17) is 4.52 Å². The molecule has 3 heterocycles. The van der Waals surface area contributed by atoms with Crippen LogP contribution in [0.5, 0.6) is 0 Å². The molecule has 3 aromatic rings. The van der Waals surface area contributed by atoms with Crippen LogP contribution in [0.3, 0.4) is 0 Å². The summed E-state index contributed by atoms with van der Waals surface area (Å²) in [5, 5.41) is 6.92. The third-order valence-corrected chi connectivity index (χ3v) is 6.68. The summed E-state index contributed by atoms with van der Waals surface area (Å²) < 4.78 is 5.35. The molecule has 1 aliphatic rings. The van der Waals surface area contributed by atoms with Crippen LogP contribution in [-0.2, 0) is 12.0 Å². The second kappa shape index (κ2) is 10.5. The standard InChI is InChI=1S/C29H36N4O2/c1-6-13-33-14-7-8-23(19-33)25-18-30-12-11-24(25)21-9-10-22(20(2)15-21)17-31-28(34)26-16-27(35-32-26)29(3,4)5/h6,9-13,15-16,18,23H,7-8,14,17,19H2,1-5H3,(H,31,34)/t23-/m0/s1. The number of nitrogens with one attached hydrogen (secondary N) is 1. The van der Waals surface area contributed by atoms with Gasteiger partial charge in [0.25, 0.3) is 5.91 Å². The number of rotatable bonds is 6. The zero-order chi connectivity index (χ0) is 25.0. The van der Waals surface area contributed by atoms with Gasteiger partial charge in [-0.2, -0.15) is 0 Å². The van der Waals surface area contributed by atoms with Gasteiger partial charge in [0.2, 0.25) is 0 Å². The number of nitrogens with zero attached hydrogens (tertiary/aromatic N) is 3. The Morgan fingerprint density at radius 3 is 2.80 bits per heavy atom. The topological polar surface area (TPSA) is 71.3 Å². The molecule has 6 heteroatoms. The third kappa shape index (κ3) is 5.81. The molecule has 1 fully saturated rings. The summed E-state index contributed by atoms with van der Waals surface area (Å²) in [7, 11) is 0. The van der Waals surface area contributed by atoms with Crippen molar-refractivity contribution in [3.05, 3.63) is 83.1 Å². The van der Waals surface area contributed by atoms with Gasteiger partial charge in [0, 0.05) is 49.4 Å². The van der Waals surface area contributed by atoms with E-state index in [0.717, 1.165) is 24.2 Å². The number of likely N-dealkylation sites (tertiary alicyclic amines) is 1. The van der Waals surface area contributed by atoms with Crippen LogP contribution >= 0.6 is 0 Å². The van der Waals surface area contributed by atoms with E-state index < -0.39 is 0 Å². The van der Waals surface area contributed by atoms with E-state index in [-0.39, 0.29) is 11.3 Å². The normalized spacial score (nSPS) is 16.6. The lowest BCUT2D eigenvalue weighted by Gasteiger charge is -2.33. The molecule has 1 atom stereocenters. The molecule has 35 heavy (non-hydrogen) atoms. The number of hydrogen-bond acceptors (Lipinski definition) is 5. The van der Waals surface area contributed by atoms with E-state index in [1.165, 1.54) is 29.5 Å². The largest absolute Gasteiger partial charge is 0.377 e. The Bertz CT molecular complexity index is 1210. The Kier molecular flexibility index (Phi) is 7.39. The second-order valence-electron chi connectivity index (χ2n) is 10.4. The van der Waals surface area contributed by atoms with Crippen LogP contribution in [0.15, 0.2) is 59.5 Å². The fraction of sp³-hybridized carbons (Fsp3) is 0.414. The van der Waals surface area contributed by atoms with E-state index >= 15 is 0 Å². The van der Waals surface area contributed by atoms with Crippen LogP contribution in [-0.4, -0.2) is 34.0 Å². The smallest absolute Gasteiger partial charge is 0.273 e. The van der Waals surface area contributed by atoms with E-state index in [9.17, 15) is 4.79 Å². The highest BCUT2D eigenvalue weighted by atomic mass is 16.5. The van der Waals surface area contributed by atoms with Gasteiger partial charge in [-0.05, 0) is 66.8 Å². The van der Waals surface area contributed by atoms with Gasteiger partial charge in [-0.15, -0.1) is 0 Å². The van der Waals surface area contributed by atoms with Gasteiger partial charge in [-0.25, -0.2) is 0 Å². The molecule has 0 unspecified atom stereocenters. The number of amides is 1. The number of aromatic nitrogens is 2. The van der Waals surface area contributed by atoms with Gasteiger partial charge >= 0.3 is 0 Å². The predicted octanol–water partition coefficient (Wildman–Crippen LogP) is 5.99. The predicted molar refractivity (Wildman–Crippen MR) is 139 cm³/mol. The minimum absolute atomic E-state index is 0.188. The van der Waals surface area contributed by atoms with Crippen molar-refractivity contribution >= 4 is 5.91 Å². The lowest BCUT2D eigenvalue weighted by atomic mass is 9.86. The highest BCUT2D eigenvalue weighted by Crippen LogP contribution is 2.34. The molecule has 184 valence electrons. The minimum atomic E-state index is -0.230. The van der Waals surface area contributed by atoms with Crippen molar-refractivity contribution in [3.8, 4) is 11.1 Å². The van der Waals surface area contributed by atoms with E-state index in [2.05, 4.69) is 70.7 Å². The number of pyridine rings is 1. The zero-order valence-electron chi connectivity index (χ0n) is 21.5. The van der Waals surface area contributed by atoms with Gasteiger partial charge < -0.3 is 14.7 Å². The summed E-state index contributed by atoms with van der Waals surface area (Å²) in [4.78, 5) is 19.5. The van der Waals surface area contributed by atoms with Crippen LogP contribution in [0.2, 0.25) is 0 Å². The molecule has 0 bridgehead atoms. The number of hydrogen-bond donors (Lipinski definition) is 1. The molecular formula is C29H36N4O2. The van der Waals surface area contributed by atoms with Crippen molar-refractivity contribution < 1.29 is 9.32 Å². The maximum absolute atomic E-state index is 12.6. The number of allylic oxidation sites excluding steroid dienone is 1. The first-order valence-electron chi connectivity index (χ1n) is 12.4. The van der Waals surface area contributed by atoms with Crippen LogP contribution in [0, 0.1) is 6.92 Å². The first-order valence-corrected chi connectivity index (χ1v) is 12.4. The fourth-order valence-electron chi connectivity index (χ4n) is 4.66. The van der Waals surface area contributed by atoms with Gasteiger partial charge in [-0.1, -0.05) is 50.2 Å². The summed E-state index contributed by atoms with van der Waals surface area (Å²) in [6, 6.07) is 10.3. The Labute approximate surface area is 208 Å². The molecule has 1 aliphatic heterocycles. The molecule has 0 aliphatic carbocycles. The molecule has 0 radical (unpaired) electrons. The Morgan fingerprint density at radius 2 is 2.09 bits per heavy atom. The molecule has 1 saturated heterocycles. The average Bonchev–Trinajstić information content (AvgIpc) is 3.35. The Hall–Kier alpha value is -3.41. The fourth-order valence-corrected chi connectivity index (χ4v) is 4.66. The first kappa shape index (κ1) is 24.7. The lowest BCUT2D eigenvalue weighted by Crippen LogP contribution is -2.30. The molecule has 0 spiro atoms. The van der Waals surface area contributed by atoms with E-state index in [1.807, 2.05) is 33.2 Å². The zero-order valence-corrected chi connectivity index (χ0v) is 21.5. The number of benzene rings is 1. The van der Waals surface area contributed by atoms with Gasteiger partial charge in [-0.3, -0.25) is 9.78 Å². The van der Waals surface area contributed by atoms with Crippen molar-refractivity contribution in [2.24, 2.45) is 0 Å². The highest BCUT2D eigenvalue weighted by molar-refractivity contribution is 5.92. The maximum Gasteiger partial charge on any atom is 0.273 e. The van der Waals surface area contributed by atoms with Crippen molar-refractivity contribution in [1.82, 2.24) is 20.4 Å². The maximum atomic E-state index is 12.6. The van der Waals surface area contributed by atoms with E-state index in [1.54, 1.807) is 6.07 Å². The molecule has 6 nitrogen and oxygen atoms in total. The lowest BCUT2D eigenvalue weighted by molar-refractivity contribution is 0.0941. The summed E-state index contributed by atoms with van der Waals surface area (Å²) in [6.07, 6.45) is 10.6. The number of carbonyl (C=O) groups is 1. The van der Waals surface area contributed by atoms with Crippen molar-refractivity contribution in [1.29, 1.82) is 0 Å². The molecule has 4 rings (SSSR count). The number of aryl methyl sites for hydroxylation is 1. The van der Waals surface area contributed by atoms with Crippen LogP contribution in [0.4, 0.5) is 0 Å². The first-order chi connectivity index (χ1) is 16.8. The third-order valence-electron chi connectivity index (χ3n) is 6.68. The van der Waals surface area contributed by atoms with E-state index in [0.29, 0.717) is 23.9 Å². The van der Waals surface area contributed by atoms with Crippen molar-refractivity contribution in [3.63, 3.8) is 0 Å². The van der Waals surface area contributed by atoms with Crippen LogP contribution in [0.1, 0.15) is 79.4 Å². The van der Waals surface area contributed by atoms with Crippen LogP contribution in [0.25, 0.3) is 11.1 Å². The number of carbonyl (C=O) groups excluding carboxylic acids is 1. The van der Waals surface area contributed by atoms with Crippen LogP contribution < -0.4 is 5.32 Å². The SMILES string of the molecule is CC=CN1CCC[C@H](c2cnccc2-c2ccc(CNC(=O)c3cc(C(C)(C)C)on3)c(C)c2)C1. The molecule has 2 aromatic heterocycles. The Balaban J connectivity index is 1.48. The monoisotopic (exact) mass is 472 g/mol. The molecule has 1 aromatic carbocycles. The highest BCUT2D eigenvalue weighted by Gasteiger charge is 2.23. The second-order valence-corrected chi connectivity index (χ2v) is 10.4. The summed E-state index contributed by atoms with van der Waals surface area (Å²) in [5.74, 6) is 0.929. The van der Waals surface area contributed by atoms with Gasteiger partial charge in [0.15, 0.2) is 5.69 Å². The molecule has 1 N–H and O–H groups in total.